The smallest absolute Gasteiger partial charge is 0.504 e. The van der Waals surface area contributed by atoms with Crippen molar-refractivity contribution in [2.75, 3.05) is 0 Å². The number of para-hydroxylation sites is 2. The van der Waals surface area contributed by atoms with Crippen molar-refractivity contribution in [2.24, 2.45) is 0 Å². The third-order valence-electron chi connectivity index (χ3n) is 5.48. The van der Waals surface area contributed by atoms with E-state index in [-0.39, 0.29) is 13.1 Å². The Morgan fingerprint density at radius 3 is 2.56 bits per heavy atom. The monoisotopic (exact) mass is 327 g/mol. The van der Waals surface area contributed by atoms with E-state index in [0.29, 0.717) is 5.75 Å². The molecule has 0 spiro atoms. The molecule has 5 rings (SSSR count). The molecule has 4 heteroatoms. The molecule has 4 aromatic rings. The Bertz CT molecular complexity index is 1140. The molecule has 25 heavy (non-hydrogen) atoms. The second kappa shape index (κ2) is 4.90. The summed E-state index contributed by atoms with van der Waals surface area (Å²) in [5, 5.41) is 11.5. The van der Waals surface area contributed by atoms with Crippen LogP contribution in [0, 0.1) is 0 Å². The first kappa shape index (κ1) is 14.6. The number of hydrogen-bond donors (Lipinski definition) is 1. The standard InChI is InChI=1S/C21H18BNO2/c1-21(2)16-7-3-4-9-19(16)23-18-11-10-13(25-22-24)12-15(18)14-6-5-8-17(21)20(14)23/h3-12,22,24H,1-2H3. The van der Waals surface area contributed by atoms with Crippen LogP contribution in [0.2, 0.25) is 0 Å². The molecule has 1 N–H and O–H groups in total. The Hall–Kier alpha value is -2.72. The van der Waals surface area contributed by atoms with Gasteiger partial charge in [-0.3, -0.25) is 0 Å². The third-order valence-corrected chi connectivity index (χ3v) is 5.48. The molecule has 3 nitrogen and oxygen atoms in total. The molecular formula is C21H18BNO2. The van der Waals surface area contributed by atoms with Crippen LogP contribution in [0.3, 0.4) is 0 Å². The molecule has 0 atom stereocenters. The predicted molar refractivity (Wildman–Crippen MR) is 103 cm³/mol. The number of hydrogen-bond acceptors (Lipinski definition) is 2. The van der Waals surface area contributed by atoms with Crippen LogP contribution in [-0.4, -0.2) is 17.3 Å². The van der Waals surface area contributed by atoms with E-state index in [1.807, 2.05) is 12.1 Å². The summed E-state index contributed by atoms with van der Waals surface area (Å²) < 4.78 is 7.67. The summed E-state index contributed by atoms with van der Waals surface area (Å²) in [6, 6.07) is 21.2. The normalized spacial score (nSPS) is 14.5. The largest absolute Gasteiger partial charge is 0.539 e. The van der Waals surface area contributed by atoms with Crippen LogP contribution in [0.25, 0.3) is 27.5 Å². The van der Waals surface area contributed by atoms with Crippen molar-refractivity contribution in [1.82, 2.24) is 4.57 Å². The zero-order chi connectivity index (χ0) is 17.2. The van der Waals surface area contributed by atoms with E-state index in [1.54, 1.807) is 0 Å². The van der Waals surface area contributed by atoms with Crippen LogP contribution in [0.5, 0.6) is 5.75 Å². The molecule has 0 radical (unpaired) electrons. The molecular weight excluding hydrogens is 309 g/mol. The molecule has 0 aliphatic carbocycles. The third kappa shape index (κ3) is 1.80. The Morgan fingerprint density at radius 1 is 0.920 bits per heavy atom. The van der Waals surface area contributed by atoms with Crippen molar-refractivity contribution in [3.63, 3.8) is 0 Å². The Morgan fingerprint density at radius 2 is 1.72 bits per heavy atom. The predicted octanol–water partition coefficient (Wildman–Crippen LogP) is 4.06. The molecule has 1 aliphatic rings. The first-order valence-electron chi connectivity index (χ1n) is 8.54. The molecule has 1 aliphatic heterocycles. The average Bonchev–Trinajstić information content (AvgIpc) is 2.95. The molecule has 3 aromatic carbocycles. The molecule has 0 amide bonds. The maximum atomic E-state index is 9.08. The number of aromatic nitrogens is 1. The summed E-state index contributed by atoms with van der Waals surface area (Å²) in [7, 11) is -0.314. The Balaban J connectivity index is 2.00. The summed E-state index contributed by atoms with van der Waals surface area (Å²) in [5.74, 6) is 0.686. The maximum absolute atomic E-state index is 9.08. The van der Waals surface area contributed by atoms with Crippen LogP contribution in [0.4, 0.5) is 0 Å². The zero-order valence-electron chi connectivity index (χ0n) is 14.3. The summed E-state index contributed by atoms with van der Waals surface area (Å²) in [4.78, 5) is 0. The van der Waals surface area contributed by atoms with Crippen LogP contribution in [0.1, 0.15) is 25.0 Å². The lowest BCUT2D eigenvalue weighted by Crippen LogP contribution is -2.26. The molecule has 0 saturated carbocycles. The van der Waals surface area contributed by atoms with Gasteiger partial charge >= 0.3 is 7.69 Å². The van der Waals surface area contributed by atoms with Crippen molar-refractivity contribution in [2.45, 2.75) is 19.3 Å². The topological polar surface area (TPSA) is 34.4 Å². The fourth-order valence-corrected chi connectivity index (χ4v) is 4.31. The van der Waals surface area contributed by atoms with Gasteiger partial charge < -0.3 is 14.2 Å². The highest BCUT2D eigenvalue weighted by Crippen LogP contribution is 2.47. The van der Waals surface area contributed by atoms with E-state index >= 15 is 0 Å². The Kier molecular flexibility index (Phi) is 2.86. The number of nitrogens with zero attached hydrogens (tertiary/aromatic N) is 1. The van der Waals surface area contributed by atoms with Gasteiger partial charge in [-0.05, 0) is 35.4 Å². The van der Waals surface area contributed by atoms with Crippen molar-refractivity contribution in [1.29, 1.82) is 0 Å². The second-order valence-electron chi connectivity index (χ2n) is 7.13. The summed E-state index contributed by atoms with van der Waals surface area (Å²) >= 11 is 0. The average molecular weight is 327 g/mol. The van der Waals surface area contributed by atoms with Crippen LogP contribution >= 0.6 is 0 Å². The van der Waals surface area contributed by atoms with E-state index in [2.05, 4.69) is 66.9 Å². The lowest BCUT2D eigenvalue weighted by molar-refractivity contribution is 0.454. The lowest BCUT2D eigenvalue weighted by atomic mass is 9.75. The zero-order valence-corrected chi connectivity index (χ0v) is 14.3. The maximum Gasteiger partial charge on any atom is 0.504 e. The van der Waals surface area contributed by atoms with Crippen molar-refractivity contribution < 1.29 is 9.68 Å². The molecule has 0 unspecified atom stereocenters. The quantitative estimate of drug-likeness (QED) is 0.564. The van der Waals surface area contributed by atoms with E-state index < -0.39 is 0 Å². The highest BCUT2D eigenvalue weighted by molar-refractivity contribution is 6.18. The summed E-state index contributed by atoms with van der Waals surface area (Å²) in [6.45, 7) is 4.59. The van der Waals surface area contributed by atoms with Gasteiger partial charge in [0.1, 0.15) is 5.75 Å². The van der Waals surface area contributed by atoms with E-state index in [1.165, 1.54) is 27.7 Å². The molecule has 2 heterocycles. The van der Waals surface area contributed by atoms with Gasteiger partial charge in [0.05, 0.1) is 16.7 Å². The van der Waals surface area contributed by atoms with Crippen LogP contribution in [0.15, 0.2) is 60.7 Å². The second-order valence-corrected chi connectivity index (χ2v) is 7.13. The highest BCUT2D eigenvalue weighted by Gasteiger charge is 2.34. The molecule has 0 bridgehead atoms. The number of benzene rings is 3. The molecule has 122 valence electrons. The first-order chi connectivity index (χ1) is 12.1. The summed E-state index contributed by atoms with van der Waals surface area (Å²) in [6.07, 6.45) is 0. The summed E-state index contributed by atoms with van der Waals surface area (Å²) in [5.41, 5.74) is 6.29. The van der Waals surface area contributed by atoms with Gasteiger partial charge in [0.15, 0.2) is 0 Å². The number of fused-ring (bicyclic) bond motifs is 5. The van der Waals surface area contributed by atoms with Gasteiger partial charge in [-0.25, -0.2) is 0 Å². The van der Waals surface area contributed by atoms with Gasteiger partial charge in [-0.15, -0.1) is 0 Å². The van der Waals surface area contributed by atoms with E-state index in [9.17, 15) is 0 Å². The van der Waals surface area contributed by atoms with Crippen LogP contribution in [-0.2, 0) is 5.41 Å². The fraction of sp³-hybridized carbons (Fsp3) is 0.143. The minimum atomic E-state index is -0.314. The highest BCUT2D eigenvalue weighted by atomic mass is 16.5. The Labute approximate surface area is 146 Å². The SMILES string of the molecule is CC1(C)c2ccccc2-n2c3ccc(OBO)cc3c3cccc1c32. The molecule has 1 aromatic heterocycles. The first-order valence-corrected chi connectivity index (χ1v) is 8.54. The van der Waals surface area contributed by atoms with Crippen LogP contribution < -0.4 is 4.65 Å². The number of rotatable bonds is 2. The van der Waals surface area contributed by atoms with Gasteiger partial charge in [-0.1, -0.05) is 50.2 Å². The van der Waals surface area contributed by atoms with Crippen molar-refractivity contribution in [3.8, 4) is 11.4 Å². The van der Waals surface area contributed by atoms with Gasteiger partial charge in [0, 0.05) is 16.2 Å². The lowest BCUT2D eigenvalue weighted by Gasteiger charge is -2.34. The molecule has 0 saturated heterocycles. The van der Waals surface area contributed by atoms with E-state index in [4.69, 9.17) is 9.68 Å². The van der Waals surface area contributed by atoms with Gasteiger partial charge in [0.2, 0.25) is 0 Å². The van der Waals surface area contributed by atoms with Gasteiger partial charge in [-0.2, -0.15) is 0 Å². The fourth-order valence-electron chi connectivity index (χ4n) is 4.31. The van der Waals surface area contributed by atoms with E-state index in [0.717, 1.165) is 10.9 Å². The van der Waals surface area contributed by atoms with Crippen molar-refractivity contribution in [3.05, 3.63) is 71.8 Å². The minimum absolute atomic E-state index is 0.0507. The van der Waals surface area contributed by atoms with Gasteiger partial charge in [0.25, 0.3) is 0 Å². The van der Waals surface area contributed by atoms with Crippen molar-refractivity contribution >= 4 is 29.5 Å². The minimum Gasteiger partial charge on any atom is -0.539 e. The molecule has 0 fully saturated rings.